The topological polar surface area (TPSA) is 42.9 Å². The van der Waals surface area contributed by atoms with E-state index in [1.54, 1.807) is 0 Å². The number of aliphatic imine (C=N–C) groups is 1. The van der Waals surface area contributed by atoms with Crippen LogP contribution in [0.2, 0.25) is 0 Å². The number of likely N-dealkylation sites (tertiary alicyclic amines) is 2. The van der Waals surface area contributed by atoms with Crippen molar-refractivity contribution < 1.29 is 0 Å². The molecule has 164 valence electrons. The van der Waals surface area contributed by atoms with Gasteiger partial charge in [0.05, 0.1) is 0 Å². The Morgan fingerprint density at radius 1 is 1.07 bits per heavy atom. The number of guanidine groups is 1. The van der Waals surface area contributed by atoms with Crippen LogP contribution in [0, 0.1) is 0 Å². The lowest BCUT2D eigenvalue weighted by Crippen LogP contribution is -2.52. The van der Waals surface area contributed by atoms with Crippen LogP contribution in [0.1, 0.15) is 51.0 Å². The van der Waals surface area contributed by atoms with Crippen molar-refractivity contribution in [2.24, 2.45) is 4.99 Å². The van der Waals surface area contributed by atoms with Crippen LogP contribution in [0.15, 0.2) is 35.3 Å². The van der Waals surface area contributed by atoms with E-state index in [2.05, 4.69) is 62.7 Å². The summed E-state index contributed by atoms with van der Waals surface area (Å²) in [4.78, 5) is 9.72. The summed E-state index contributed by atoms with van der Waals surface area (Å²) in [5.41, 5.74) is 1.41. The Morgan fingerprint density at radius 2 is 1.83 bits per heavy atom. The monoisotopic (exact) mass is 513 g/mol. The number of benzene rings is 1. The highest BCUT2D eigenvalue weighted by atomic mass is 127. The molecule has 0 bridgehead atoms. The van der Waals surface area contributed by atoms with Gasteiger partial charge in [0.25, 0.3) is 0 Å². The Hall–Kier alpha value is -0.860. The number of rotatable bonds is 7. The third-order valence-electron chi connectivity index (χ3n) is 6.17. The molecule has 2 aliphatic rings. The van der Waals surface area contributed by atoms with Crippen LogP contribution in [-0.2, 0) is 6.54 Å². The number of piperidine rings is 2. The first kappa shape index (κ1) is 24.4. The van der Waals surface area contributed by atoms with Gasteiger partial charge in [-0.3, -0.25) is 9.89 Å². The average molecular weight is 514 g/mol. The van der Waals surface area contributed by atoms with Gasteiger partial charge in [0.1, 0.15) is 0 Å². The van der Waals surface area contributed by atoms with E-state index < -0.39 is 0 Å². The van der Waals surface area contributed by atoms with Crippen molar-refractivity contribution in [2.45, 2.75) is 64.1 Å². The molecule has 1 aromatic carbocycles. The number of hydrogen-bond donors (Lipinski definition) is 2. The summed E-state index contributed by atoms with van der Waals surface area (Å²) in [5.74, 6) is 0.971. The van der Waals surface area contributed by atoms with Gasteiger partial charge in [0.2, 0.25) is 0 Å². The maximum atomic E-state index is 4.49. The molecule has 0 amide bonds. The predicted molar refractivity (Wildman–Crippen MR) is 134 cm³/mol. The second kappa shape index (κ2) is 13.4. The first-order valence-electron chi connectivity index (χ1n) is 11.3. The summed E-state index contributed by atoms with van der Waals surface area (Å²) in [6.45, 7) is 9.13. The molecular formula is C23H40IN5. The third kappa shape index (κ3) is 8.06. The highest BCUT2D eigenvalue weighted by molar-refractivity contribution is 14.0. The second-order valence-electron chi connectivity index (χ2n) is 8.32. The number of hydrogen-bond acceptors (Lipinski definition) is 3. The van der Waals surface area contributed by atoms with Gasteiger partial charge in [-0.25, -0.2) is 0 Å². The van der Waals surface area contributed by atoms with E-state index in [0.717, 1.165) is 19.0 Å². The fraction of sp³-hybridized carbons (Fsp3) is 0.696. The van der Waals surface area contributed by atoms with Crippen molar-refractivity contribution in [3.8, 4) is 0 Å². The minimum Gasteiger partial charge on any atom is -0.355 e. The normalized spacial score (nSPS) is 22.1. The molecule has 3 rings (SSSR count). The summed E-state index contributed by atoms with van der Waals surface area (Å²) in [7, 11) is 1.89. The molecule has 29 heavy (non-hydrogen) atoms. The largest absolute Gasteiger partial charge is 0.355 e. The highest BCUT2D eigenvalue weighted by Crippen LogP contribution is 2.19. The van der Waals surface area contributed by atoms with Gasteiger partial charge in [0.15, 0.2) is 5.96 Å². The van der Waals surface area contributed by atoms with Crippen LogP contribution in [0.3, 0.4) is 0 Å². The van der Waals surface area contributed by atoms with Crippen LogP contribution < -0.4 is 10.6 Å². The van der Waals surface area contributed by atoms with Gasteiger partial charge in [-0.2, -0.15) is 0 Å². The van der Waals surface area contributed by atoms with Crippen LogP contribution >= 0.6 is 24.0 Å². The molecule has 2 aliphatic heterocycles. The summed E-state index contributed by atoms with van der Waals surface area (Å²) in [6.07, 6.45) is 7.59. The van der Waals surface area contributed by atoms with E-state index >= 15 is 0 Å². The number of nitrogens with zero attached hydrogens (tertiary/aromatic N) is 3. The van der Waals surface area contributed by atoms with E-state index in [-0.39, 0.29) is 24.0 Å². The molecule has 1 unspecified atom stereocenters. The SMILES string of the molecule is CCCN1CCC(NC(=NC)NCC2CCCCN2Cc2ccccc2)CC1.I. The molecule has 0 aromatic heterocycles. The van der Waals surface area contributed by atoms with Gasteiger partial charge in [0, 0.05) is 45.3 Å². The lowest BCUT2D eigenvalue weighted by molar-refractivity contribution is 0.141. The van der Waals surface area contributed by atoms with Crippen molar-refractivity contribution in [2.75, 3.05) is 39.8 Å². The van der Waals surface area contributed by atoms with E-state index in [4.69, 9.17) is 0 Å². The molecule has 6 heteroatoms. The zero-order valence-corrected chi connectivity index (χ0v) is 20.6. The van der Waals surface area contributed by atoms with E-state index in [1.165, 1.54) is 70.3 Å². The molecule has 1 atom stereocenters. The Morgan fingerprint density at radius 3 is 2.52 bits per heavy atom. The van der Waals surface area contributed by atoms with E-state index in [0.29, 0.717) is 12.1 Å². The lowest BCUT2D eigenvalue weighted by atomic mass is 10.0. The summed E-state index contributed by atoms with van der Waals surface area (Å²) < 4.78 is 0. The zero-order chi connectivity index (χ0) is 19.6. The quantitative estimate of drug-likeness (QED) is 0.332. The third-order valence-corrected chi connectivity index (χ3v) is 6.17. The molecule has 2 heterocycles. The summed E-state index contributed by atoms with van der Waals surface area (Å²) in [5, 5.41) is 7.29. The average Bonchev–Trinajstić information content (AvgIpc) is 2.74. The van der Waals surface area contributed by atoms with Crippen molar-refractivity contribution in [3.05, 3.63) is 35.9 Å². The fourth-order valence-corrected chi connectivity index (χ4v) is 4.54. The smallest absolute Gasteiger partial charge is 0.191 e. The van der Waals surface area contributed by atoms with Crippen molar-refractivity contribution in [1.82, 2.24) is 20.4 Å². The zero-order valence-electron chi connectivity index (χ0n) is 18.3. The molecular weight excluding hydrogens is 473 g/mol. The molecule has 1 aromatic rings. The van der Waals surface area contributed by atoms with Crippen LogP contribution in [0.4, 0.5) is 0 Å². The summed E-state index contributed by atoms with van der Waals surface area (Å²) >= 11 is 0. The van der Waals surface area contributed by atoms with Crippen LogP contribution in [0.5, 0.6) is 0 Å². The molecule has 2 saturated heterocycles. The Bertz CT molecular complexity index is 586. The number of nitrogens with one attached hydrogen (secondary N) is 2. The van der Waals surface area contributed by atoms with E-state index in [9.17, 15) is 0 Å². The van der Waals surface area contributed by atoms with Crippen molar-refractivity contribution in [1.29, 1.82) is 0 Å². The minimum absolute atomic E-state index is 0. The summed E-state index contributed by atoms with van der Waals surface area (Å²) in [6, 6.07) is 12.0. The standard InChI is InChI=1S/C23H39N5.HI/c1-3-14-27-16-12-21(13-17-27)26-23(24-2)25-18-22-11-7-8-15-28(22)19-20-9-5-4-6-10-20;/h4-6,9-10,21-22H,3,7-8,11-19H2,1-2H3,(H2,24,25,26);1H. The van der Waals surface area contributed by atoms with Gasteiger partial charge in [-0.15, -0.1) is 24.0 Å². The first-order chi connectivity index (χ1) is 13.8. The molecule has 2 N–H and O–H groups in total. The van der Waals surface area contributed by atoms with E-state index in [1.807, 2.05) is 7.05 Å². The number of halogens is 1. The van der Waals surface area contributed by atoms with Gasteiger partial charge < -0.3 is 15.5 Å². The maximum Gasteiger partial charge on any atom is 0.191 e. The lowest BCUT2D eigenvalue weighted by Gasteiger charge is -2.37. The molecule has 0 saturated carbocycles. The molecule has 5 nitrogen and oxygen atoms in total. The van der Waals surface area contributed by atoms with Gasteiger partial charge in [-0.05, 0) is 50.8 Å². The van der Waals surface area contributed by atoms with Crippen molar-refractivity contribution >= 4 is 29.9 Å². The van der Waals surface area contributed by atoms with Crippen LogP contribution in [-0.4, -0.2) is 67.6 Å². The molecule has 2 fully saturated rings. The Kier molecular flexibility index (Phi) is 11.3. The first-order valence-corrected chi connectivity index (χ1v) is 11.3. The Labute approximate surface area is 194 Å². The molecule has 0 radical (unpaired) electrons. The maximum absolute atomic E-state index is 4.49. The van der Waals surface area contributed by atoms with Crippen LogP contribution in [0.25, 0.3) is 0 Å². The Balaban J connectivity index is 0.00000300. The van der Waals surface area contributed by atoms with Crippen molar-refractivity contribution in [3.63, 3.8) is 0 Å². The van der Waals surface area contributed by atoms with Gasteiger partial charge in [-0.1, -0.05) is 43.7 Å². The predicted octanol–water partition coefficient (Wildman–Crippen LogP) is 3.70. The molecule has 0 spiro atoms. The highest BCUT2D eigenvalue weighted by Gasteiger charge is 2.23. The second-order valence-corrected chi connectivity index (χ2v) is 8.32. The fourth-order valence-electron chi connectivity index (χ4n) is 4.54. The molecule has 0 aliphatic carbocycles. The van der Waals surface area contributed by atoms with Gasteiger partial charge >= 0.3 is 0 Å². The minimum atomic E-state index is 0.